The summed E-state index contributed by atoms with van der Waals surface area (Å²) in [6, 6.07) is 1.13. The van der Waals surface area contributed by atoms with Crippen LogP contribution in [0, 0.1) is 0 Å². The number of ether oxygens (including phenoxy) is 2. The first-order valence-corrected chi connectivity index (χ1v) is 8.66. The number of hydrogen-bond donors (Lipinski definition) is 1. The Morgan fingerprint density at radius 1 is 1.14 bits per heavy atom. The number of hydrogen-bond acceptors (Lipinski definition) is 5. The standard InChI is InChI=1S/C16H31N3O2/c1-3-17-14-5-6-16(20-11-12-21-16)13-15(14)19-8-4-7-18(2)9-10-19/h14-15,17H,3-13H2,1-2H3. The van der Waals surface area contributed by atoms with Crippen molar-refractivity contribution >= 4 is 0 Å². The van der Waals surface area contributed by atoms with Gasteiger partial charge in [-0.25, -0.2) is 0 Å². The zero-order valence-corrected chi connectivity index (χ0v) is 13.6. The van der Waals surface area contributed by atoms with Crippen LogP contribution in [0.2, 0.25) is 0 Å². The molecule has 0 amide bonds. The van der Waals surface area contributed by atoms with Crippen LogP contribution < -0.4 is 5.32 Å². The van der Waals surface area contributed by atoms with E-state index in [1.165, 1.54) is 32.6 Å². The van der Waals surface area contributed by atoms with Gasteiger partial charge in [0, 0.05) is 38.0 Å². The Balaban J connectivity index is 1.70. The van der Waals surface area contributed by atoms with Gasteiger partial charge in [-0.05, 0) is 39.5 Å². The predicted octanol–water partition coefficient (Wildman–Crippen LogP) is 0.898. The molecule has 1 spiro atoms. The molecule has 0 aromatic rings. The summed E-state index contributed by atoms with van der Waals surface area (Å²) in [5.41, 5.74) is 0. The summed E-state index contributed by atoms with van der Waals surface area (Å²) in [6.45, 7) is 9.54. The van der Waals surface area contributed by atoms with Crippen molar-refractivity contribution in [3.63, 3.8) is 0 Å². The molecule has 1 aliphatic carbocycles. The molecular weight excluding hydrogens is 266 g/mol. The highest BCUT2D eigenvalue weighted by Gasteiger charge is 2.46. The van der Waals surface area contributed by atoms with Gasteiger partial charge in [0.25, 0.3) is 0 Å². The monoisotopic (exact) mass is 297 g/mol. The second kappa shape index (κ2) is 6.92. The maximum absolute atomic E-state index is 5.99. The number of likely N-dealkylation sites (N-methyl/N-ethyl adjacent to an activating group) is 2. The van der Waals surface area contributed by atoms with Crippen molar-refractivity contribution in [2.75, 3.05) is 53.0 Å². The van der Waals surface area contributed by atoms with Gasteiger partial charge in [-0.15, -0.1) is 0 Å². The van der Waals surface area contributed by atoms with E-state index >= 15 is 0 Å². The predicted molar refractivity (Wildman–Crippen MR) is 83.4 cm³/mol. The number of rotatable bonds is 3. The minimum Gasteiger partial charge on any atom is -0.347 e. The highest BCUT2D eigenvalue weighted by atomic mass is 16.7. The normalized spacial score (nSPS) is 35.1. The Morgan fingerprint density at radius 3 is 2.71 bits per heavy atom. The smallest absolute Gasteiger partial charge is 0.170 e. The lowest BCUT2D eigenvalue weighted by Crippen LogP contribution is -2.58. The highest BCUT2D eigenvalue weighted by Crippen LogP contribution is 2.38. The van der Waals surface area contributed by atoms with Gasteiger partial charge >= 0.3 is 0 Å². The first kappa shape index (κ1) is 15.7. The van der Waals surface area contributed by atoms with Crippen molar-refractivity contribution in [2.24, 2.45) is 0 Å². The average molecular weight is 297 g/mol. The molecule has 0 aromatic carbocycles. The third-order valence-corrected chi connectivity index (χ3v) is 5.32. The van der Waals surface area contributed by atoms with Crippen LogP contribution in [0.5, 0.6) is 0 Å². The van der Waals surface area contributed by atoms with Crippen molar-refractivity contribution in [3.8, 4) is 0 Å². The summed E-state index contributed by atoms with van der Waals surface area (Å²) in [5, 5.41) is 3.70. The molecule has 3 rings (SSSR count). The number of nitrogens with one attached hydrogen (secondary N) is 1. The topological polar surface area (TPSA) is 37.0 Å². The van der Waals surface area contributed by atoms with Crippen LogP contribution >= 0.6 is 0 Å². The molecule has 2 unspecified atom stereocenters. The van der Waals surface area contributed by atoms with Crippen LogP contribution in [0.1, 0.15) is 32.6 Å². The first-order chi connectivity index (χ1) is 10.2. The minimum absolute atomic E-state index is 0.283. The quantitative estimate of drug-likeness (QED) is 0.837. The molecular formula is C16H31N3O2. The summed E-state index contributed by atoms with van der Waals surface area (Å²) in [7, 11) is 2.23. The van der Waals surface area contributed by atoms with E-state index < -0.39 is 0 Å². The van der Waals surface area contributed by atoms with Crippen LogP contribution in [0.15, 0.2) is 0 Å². The van der Waals surface area contributed by atoms with Gasteiger partial charge in [-0.2, -0.15) is 0 Å². The van der Waals surface area contributed by atoms with E-state index in [0.29, 0.717) is 12.1 Å². The van der Waals surface area contributed by atoms with E-state index in [9.17, 15) is 0 Å². The van der Waals surface area contributed by atoms with E-state index in [1.807, 2.05) is 0 Å². The van der Waals surface area contributed by atoms with E-state index in [1.54, 1.807) is 0 Å². The van der Waals surface area contributed by atoms with Crippen molar-refractivity contribution in [2.45, 2.75) is 50.5 Å². The molecule has 2 atom stereocenters. The molecule has 2 aliphatic heterocycles. The van der Waals surface area contributed by atoms with Crippen LogP contribution in [0.3, 0.4) is 0 Å². The molecule has 1 saturated carbocycles. The molecule has 0 aromatic heterocycles. The van der Waals surface area contributed by atoms with E-state index in [4.69, 9.17) is 9.47 Å². The van der Waals surface area contributed by atoms with Crippen LogP contribution in [0.25, 0.3) is 0 Å². The fourth-order valence-electron chi connectivity index (χ4n) is 4.17. The molecule has 2 heterocycles. The molecule has 3 fully saturated rings. The highest BCUT2D eigenvalue weighted by molar-refractivity contribution is 4.97. The largest absolute Gasteiger partial charge is 0.347 e. The number of nitrogens with zero attached hydrogens (tertiary/aromatic N) is 2. The first-order valence-electron chi connectivity index (χ1n) is 8.66. The SMILES string of the molecule is CCNC1CCC2(CC1N1CCCN(C)CC1)OCCO2. The molecule has 122 valence electrons. The summed E-state index contributed by atoms with van der Waals surface area (Å²) < 4.78 is 12.0. The van der Waals surface area contributed by atoms with Crippen LogP contribution in [-0.2, 0) is 9.47 Å². The van der Waals surface area contributed by atoms with Gasteiger partial charge in [0.05, 0.1) is 13.2 Å². The summed E-state index contributed by atoms with van der Waals surface area (Å²) in [4.78, 5) is 5.13. The zero-order chi connectivity index (χ0) is 14.7. The average Bonchev–Trinajstić information content (AvgIpc) is 2.82. The van der Waals surface area contributed by atoms with Crippen LogP contribution in [0.4, 0.5) is 0 Å². The van der Waals surface area contributed by atoms with Gasteiger partial charge < -0.3 is 19.7 Å². The lowest BCUT2D eigenvalue weighted by Gasteiger charge is -2.46. The summed E-state index contributed by atoms with van der Waals surface area (Å²) in [6.07, 6.45) is 4.48. The third kappa shape index (κ3) is 3.59. The lowest BCUT2D eigenvalue weighted by atomic mass is 9.84. The maximum Gasteiger partial charge on any atom is 0.170 e. The Labute approximate surface area is 128 Å². The molecule has 5 heteroatoms. The second-order valence-electron chi connectivity index (χ2n) is 6.77. The molecule has 3 aliphatic rings. The van der Waals surface area contributed by atoms with E-state index in [-0.39, 0.29) is 5.79 Å². The Hall–Kier alpha value is -0.200. The Bertz CT molecular complexity index is 333. The van der Waals surface area contributed by atoms with Crippen LogP contribution in [-0.4, -0.2) is 80.7 Å². The lowest BCUT2D eigenvalue weighted by molar-refractivity contribution is -0.193. The third-order valence-electron chi connectivity index (χ3n) is 5.32. The van der Waals surface area contributed by atoms with Gasteiger partial charge in [-0.3, -0.25) is 4.90 Å². The minimum atomic E-state index is -0.283. The Kier molecular flexibility index (Phi) is 5.17. The zero-order valence-electron chi connectivity index (χ0n) is 13.6. The van der Waals surface area contributed by atoms with Crippen molar-refractivity contribution in [1.82, 2.24) is 15.1 Å². The van der Waals surface area contributed by atoms with Gasteiger partial charge in [0.2, 0.25) is 0 Å². The fourth-order valence-corrected chi connectivity index (χ4v) is 4.17. The summed E-state index contributed by atoms with van der Waals surface area (Å²) >= 11 is 0. The fraction of sp³-hybridized carbons (Fsp3) is 1.00. The van der Waals surface area contributed by atoms with Gasteiger partial charge in [-0.1, -0.05) is 6.92 Å². The molecule has 0 bridgehead atoms. The summed E-state index contributed by atoms with van der Waals surface area (Å²) in [5.74, 6) is -0.283. The van der Waals surface area contributed by atoms with Gasteiger partial charge in [0.15, 0.2) is 5.79 Å². The van der Waals surface area contributed by atoms with Gasteiger partial charge in [0.1, 0.15) is 0 Å². The molecule has 2 saturated heterocycles. The maximum atomic E-state index is 5.99. The second-order valence-corrected chi connectivity index (χ2v) is 6.77. The molecule has 21 heavy (non-hydrogen) atoms. The molecule has 5 nitrogen and oxygen atoms in total. The van der Waals surface area contributed by atoms with Crippen molar-refractivity contribution in [3.05, 3.63) is 0 Å². The molecule has 1 N–H and O–H groups in total. The van der Waals surface area contributed by atoms with E-state index in [2.05, 4.69) is 29.1 Å². The van der Waals surface area contributed by atoms with Crippen molar-refractivity contribution in [1.29, 1.82) is 0 Å². The Morgan fingerprint density at radius 2 is 1.95 bits per heavy atom. The van der Waals surface area contributed by atoms with Crippen molar-refractivity contribution < 1.29 is 9.47 Å². The van der Waals surface area contributed by atoms with E-state index in [0.717, 1.165) is 39.0 Å². The molecule has 0 radical (unpaired) electrons.